The van der Waals surface area contributed by atoms with Crippen molar-refractivity contribution in [2.24, 2.45) is 5.41 Å². The highest BCUT2D eigenvalue weighted by Gasteiger charge is 2.50. The van der Waals surface area contributed by atoms with Gasteiger partial charge < -0.3 is 14.2 Å². The maximum atomic E-state index is 9.61. The quantitative estimate of drug-likeness (QED) is 0.536. The lowest BCUT2D eigenvalue weighted by Crippen LogP contribution is -2.67. The molecule has 28 heavy (non-hydrogen) atoms. The fourth-order valence-electron chi connectivity index (χ4n) is 4.16. The smallest absolute Gasteiger partial charge is 0.116 e. The molecule has 2 heterocycles. The largest absolute Gasteiger partial charge is 0.377 e. The summed E-state index contributed by atoms with van der Waals surface area (Å²) in [6, 6.07) is 3.03. The van der Waals surface area contributed by atoms with Crippen LogP contribution in [-0.4, -0.2) is 85.7 Å². The molecule has 0 aliphatic carbocycles. The predicted molar refractivity (Wildman–Crippen MR) is 111 cm³/mol. The van der Waals surface area contributed by atoms with Crippen molar-refractivity contribution < 1.29 is 14.2 Å². The van der Waals surface area contributed by atoms with Crippen molar-refractivity contribution in [1.29, 1.82) is 5.26 Å². The summed E-state index contributed by atoms with van der Waals surface area (Å²) in [4.78, 5) is 4.79. The first-order valence-electron chi connectivity index (χ1n) is 10.7. The van der Waals surface area contributed by atoms with Gasteiger partial charge >= 0.3 is 0 Å². The molecule has 0 radical (unpaired) electrons. The molecule has 0 bridgehead atoms. The molecule has 0 amide bonds. The minimum absolute atomic E-state index is 0.0125. The summed E-state index contributed by atoms with van der Waals surface area (Å²) in [6.45, 7) is 19.6. The van der Waals surface area contributed by atoms with Gasteiger partial charge in [-0.15, -0.1) is 0 Å². The lowest BCUT2D eigenvalue weighted by molar-refractivity contribution is -0.180. The van der Waals surface area contributed by atoms with E-state index in [1.807, 2.05) is 13.8 Å². The van der Waals surface area contributed by atoms with Crippen molar-refractivity contribution in [3.63, 3.8) is 0 Å². The molecule has 0 saturated carbocycles. The number of rotatable bonds is 11. The van der Waals surface area contributed by atoms with Crippen LogP contribution < -0.4 is 0 Å². The molecule has 0 spiro atoms. The average molecular weight is 396 g/mol. The van der Waals surface area contributed by atoms with Gasteiger partial charge in [0.25, 0.3) is 0 Å². The third-order valence-corrected chi connectivity index (χ3v) is 6.34. The maximum absolute atomic E-state index is 9.61. The van der Waals surface area contributed by atoms with Crippen LogP contribution in [0, 0.1) is 16.7 Å². The summed E-state index contributed by atoms with van der Waals surface area (Å²) in [5, 5.41) is 9.61. The van der Waals surface area contributed by atoms with E-state index in [0.717, 1.165) is 32.6 Å². The van der Waals surface area contributed by atoms with Gasteiger partial charge in [-0.2, -0.15) is 5.26 Å². The molecule has 1 unspecified atom stereocenters. The number of hydrogen-bond acceptors (Lipinski definition) is 6. The van der Waals surface area contributed by atoms with Gasteiger partial charge in [0.15, 0.2) is 0 Å². The molecular weight excluding hydrogens is 354 g/mol. The number of likely N-dealkylation sites (tertiary alicyclic amines) is 2. The summed E-state index contributed by atoms with van der Waals surface area (Å²) < 4.78 is 17.7. The van der Waals surface area contributed by atoms with Gasteiger partial charge in [0.1, 0.15) is 11.0 Å². The van der Waals surface area contributed by atoms with Gasteiger partial charge in [-0.3, -0.25) is 9.80 Å². The zero-order valence-electron chi connectivity index (χ0n) is 19.2. The van der Waals surface area contributed by atoms with Gasteiger partial charge in [0.2, 0.25) is 0 Å². The van der Waals surface area contributed by atoms with Crippen molar-refractivity contribution in [1.82, 2.24) is 9.80 Å². The summed E-state index contributed by atoms with van der Waals surface area (Å²) in [5.74, 6) is 0. The Morgan fingerprint density at radius 2 is 1.61 bits per heavy atom. The Balaban J connectivity index is 1.78. The van der Waals surface area contributed by atoms with E-state index in [-0.39, 0.29) is 28.8 Å². The van der Waals surface area contributed by atoms with Crippen LogP contribution in [0.25, 0.3) is 0 Å². The standard InChI is InChI=1S/C22H41N3O3/c1-17(2)24-13-22(14-24,26-8)16-28-19(5)9-20(6,7)25-11-21(10-23,12-25)15-27-18(3)4/h17-19H,9,11-16H2,1-8H3. The van der Waals surface area contributed by atoms with E-state index in [9.17, 15) is 5.26 Å². The first-order valence-corrected chi connectivity index (χ1v) is 10.7. The highest BCUT2D eigenvalue weighted by Crippen LogP contribution is 2.38. The Morgan fingerprint density at radius 1 is 1.00 bits per heavy atom. The van der Waals surface area contributed by atoms with E-state index < -0.39 is 0 Å². The van der Waals surface area contributed by atoms with Crippen molar-refractivity contribution in [2.75, 3.05) is 46.5 Å². The second kappa shape index (κ2) is 8.97. The maximum Gasteiger partial charge on any atom is 0.116 e. The van der Waals surface area contributed by atoms with Gasteiger partial charge in [-0.1, -0.05) is 0 Å². The number of ether oxygens (including phenoxy) is 3. The Kier molecular flexibility index (Phi) is 7.55. The highest BCUT2D eigenvalue weighted by molar-refractivity contribution is 5.12. The van der Waals surface area contributed by atoms with Gasteiger partial charge in [0.05, 0.1) is 31.5 Å². The summed E-state index contributed by atoms with van der Waals surface area (Å²) in [7, 11) is 1.79. The van der Waals surface area contributed by atoms with Crippen LogP contribution in [0.4, 0.5) is 0 Å². The predicted octanol–water partition coefficient (Wildman–Crippen LogP) is 2.92. The summed E-state index contributed by atoms with van der Waals surface area (Å²) in [5.41, 5.74) is -0.539. The summed E-state index contributed by atoms with van der Waals surface area (Å²) in [6.07, 6.45) is 1.22. The van der Waals surface area contributed by atoms with Gasteiger partial charge in [-0.05, 0) is 54.9 Å². The SMILES string of the molecule is COC1(COC(C)CC(C)(C)N2CC(C#N)(COC(C)C)C2)CN(C(C)C)C1. The third-order valence-electron chi connectivity index (χ3n) is 6.34. The lowest BCUT2D eigenvalue weighted by Gasteiger charge is -2.54. The van der Waals surface area contributed by atoms with E-state index in [2.05, 4.69) is 50.5 Å². The van der Waals surface area contributed by atoms with Crippen LogP contribution in [0.15, 0.2) is 0 Å². The van der Waals surface area contributed by atoms with Crippen LogP contribution in [0.2, 0.25) is 0 Å². The molecule has 2 aliphatic rings. The molecule has 2 aliphatic heterocycles. The van der Waals surface area contributed by atoms with E-state index >= 15 is 0 Å². The molecule has 0 aromatic carbocycles. The average Bonchev–Trinajstić information content (AvgIpc) is 2.52. The normalized spacial score (nSPS) is 23.3. The molecule has 0 N–H and O–H groups in total. The first kappa shape index (κ1) is 23.6. The molecule has 2 fully saturated rings. The number of nitriles is 1. The minimum atomic E-state index is -0.363. The van der Waals surface area contributed by atoms with Crippen LogP contribution in [0.5, 0.6) is 0 Å². The monoisotopic (exact) mass is 395 g/mol. The highest BCUT2D eigenvalue weighted by atomic mass is 16.5. The first-order chi connectivity index (χ1) is 13.0. The number of hydrogen-bond donors (Lipinski definition) is 0. The second-order valence-corrected chi connectivity index (χ2v) is 10.1. The minimum Gasteiger partial charge on any atom is -0.377 e. The van der Waals surface area contributed by atoms with E-state index in [4.69, 9.17) is 14.2 Å². The molecule has 2 saturated heterocycles. The number of nitrogens with zero attached hydrogens (tertiary/aromatic N) is 3. The van der Waals surface area contributed by atoms with Crippen molar-refractivity contribution in [2.45, 2.75) is 84.3 Å². The zero-order valence-corrected chi connectivity index (χ0v) is 19.2. The van der Waals surface area contributed by atoms with Gasteiger partial charge in [0, 0.05) is 44.9 Å². The molecule has 6 heteroatoms. The van der Waals surface area contributed by atoms with Crippen LogP contribution in [0.3, 0.4) is 0 Å². The van der Waals surface area contributed by atoms with E-state index in [1.165, 1.54) is 0 Å². The van der Waals surface area contributed by atoms with Crippen LogP contribution in [-0.2, 0) is 14.2 Å². The van der Waals surface area contributed by atoms with E-state index in [1.54, 1.807) is 7.11 Å². The molecular formula is C22H41N3O3. The fraction of sp³-hybridized carbons (Fsp3) is 0.955. The zero-order chi connectivity index (χ0) is 21.2. The molecule has 6 nitrogen and oxygen atoms in total. The topological polar surface area (TPSA) is 58.0 Å². The molecule has 0 aromatic rings. The molecule has 2 rings (SSSR count). The van der Waals surface area contributed by atoms with Crippen LogP contribution >= 0.6 is 0 Å². The number of methoxy groups -OCH3 is 1. The third kappa shape index (κ3) is 5.46. The molecule has 0 aromatic heterocycles. The van der Waals surface area contributed by atoms with Crippen LogP contribution in [0.1, 0.15) is 54.9 Å². The van der Waals surface area contributed by atoms with E-state index in [0.29, 0.717) is 19.3 Å². The Labute approximate surface area is 172 Å². The fourth-order valence-corrected chi connectivity index (χ4v) is 4.16. The molecule has 1 atom stereocenters. The Hall–Kier alpha value is -0.710. The molecule has 162 valence electrons. The lowest BCUT2D eigenvalue weighted by atomic mass is 9.77. The van der Waals surface area contributed by atoms with Gasteiger partial charge in [-0.25, -0.2) is 0 Å². The second-order valence-electron chi connectivity index (χ2n) is 10.1. The summed E-state index contributed by atoms with van der Waals surface area (Å²) >= 11 is 0. The Morgan fingerprint density at radius 3 is 2.07 bits per heavy atom. The van der Waals surface area contributed by atoms with Crippen molar-refractivity contribution in [3.8, 4) is 6.07 Å². The van der Waals surface area contributed by atoms with Crippen molar-refractivity contribution >= 4 is 0 Å². The Bertz CT molecular complexity index is 544. The van der Waals surface area contributed by atoms with Crippen molar-refractivity contribution in [3.05, 3.63) is 0 Å².